The fraction of sp³-hybridized carbons (Fsp3) is 0.333. The number of nitrogens with zero attached hydrogens (tertiary/aromatic N) is 1. The van der Waals surface area contributed by atoms with E-state index in [0.717, 1.165) is 18.5 Å². The van der Waals surface area contributed by atoms with Gasteiger partial charge < -0.3 is 10.0 Å². The molecule has 0 spiro atoms. The molecule has 3 rings (SSSR count). The van der Waals surface area contributed by atoms with E-state index in [-0.39, 0.29) is 0 Å². The maximum absolute atomic E-state index is 9.61. The van der Waals surface area contributed by atoms with Gasteiger partial charge in [-0.05, 0) is 48.6 Å². The van der Waals surface area contributed by atoms with Crippen molar-refractivity contribution in [3.63, 3.8) is 0 Å². The highest BCUT2D eigenvalue weighted by molar-refractivity contribution is 5.68. The number of rotatable bonds is 2. The third-order valence-corrected chi connectivity index (χ3v) is 4.03. The summed E-state index contributed by atoms with van der Waals surface area (Å²) in [5, 5.41) is 9.61. The lowest BCUT2D eigenvalue weighted by atomic mass is 9.93. The summed E-state index contributed by atoms with van der Waals surface area (Å²) < 4.78 is 0. The molecule has 0 bridgehead atoms. The van der Waals surface area contributed by atoms with Gasteiger partial charge in [0.05, 0.1) is 6.10 Å². The van der Waals surface area contributed by atoms with Gasteiger partial charge in [-0.1, -0.05) is 37.3 Å². The fourth-order valence-corrected chi connectivity index (χ4v) is 2.97. The lowest BCUT2D eigenvalue weighted by molar-refractivity contribution is 0.199. The van der Waals surface area contributed by atoms with Crippen LogP contribution in [-0.2, 0) is 6.42 Å². The Labute approximate surface area is 120 Å². The molecule has 0 aliphatic carbocycles. The van der Waals surface area contributed by atoms with E-state index in [4.69, 9.17) is 0 Å². The molecule has 20 heavy (non-hydrogen) atoms. The number of para-hydroxylation sites is 1. The van der Waals surface area contributed by atoms with Crippen LogP contribution in [0.4, 0.5) is 11.4 Å². The molecule has 0 saturated carbocycles. The van der Waals surface area contributed by atoms with Gasteiger partial charge in [0.15, 0.2) is 0 Å². The van der Waals surface area contributed by atoms with Crippen molar-refractivity contribution in [3.05, 3.63) is 59.7 Å². The Morgan fingerprint density at radius 1 is 1.10 bits per heavy atom. The summed E-state index contributed by atoms with van der Waals surface area (Å²) in [7, 11) is 0. The Bertz CT molecular complexity index is 589. The molecular formula is C18H21NO. The van der Waals surface area contributed by atoms with E-state index in [1.54, 1.807) is 6.92 Å². The highest BCUT2D eigenvalue weighted by Gasteiger charge is 2.22. The van der Waals surface area contributed by atoms with Gasteiger partial charge >= 0.3 is 0 Å². The van der Waals surface area contributed by atoms with Gasteiger partial charge in [0.1, 0.15) is 0 Å². The molecule has 0 fully saturated rings. The Hall–Kier alpha value is -1.80. The van der Waals surface area contributed by atoms with Crippen LogP contribution in [0, 0.1) is 5.92 Å². The Kier molecular flexibility index (Phi) is 3.49. The average molecular weight is 267 g/mol. The predicted octanol–water partition coefficient (Wildman–Crippen LogP) is 4.07. The summed E-state index contributed by atoms with van der Waals surface area (Å²) in [6.45, 7) is 5.14. The van der Waals surface area contributed by atoms with E-state index in [2.05, 4.69) is 48.2 Å². The Morgan fingerprint density at radius 2 is 1.80 bits per heavy atom. The molecule has 2 heteroatoms. The van der Waals surface area contributed by atoms with Gasteiger partial charge in [-0.3, -0.25) is 0 Å². The number of aliphatic hydroxyl groups excluding tert-OH is 1. The maximum atomic E-state index is 9.61. The molecule has 2 aromatic carbocycles. The van der Waals surface area contributed by atoms with Crippen LogP contribution in [0.3, 0.4) is 0 Å². The molecule has 104 valence electrons. The fourth-order valence-electron chi connectivity index (χ4n) is 2.97. The van der Waals surface area contributed by atoms with Gasteiger partial charge in [0.2, 0.25) is 0 Å². The summed E-state index contributed by atoms with van der Waals surface area (Å²) in [4.78, 5) is 2.38. The molecule has 2 aromatic rings. The van der Waals surface area contributed by atoms with Crippen LogP contribution >= 0.6 is 0 Å². The quantitative estimate of drug-likeness (QED) is 0.886. The number of hydrogen-bond donors (Lipinski definition) is 1. The minimum Gasteiger partial charge on any atom is -0.389 e. The second-order valence-corrected chi connectivity index (χ2v) is 5.82. The third-order valence-electron chi connectivity index (χ3n) is 4.03. The van der Waals surface area contributed by atoms with Crippen molar-refractivity contribution in [2.45, 2.75) is 26.4 Å². The standard InChI is InChI=1S/C18H21NO/c1-13-11-16-5-3-4-6-18(16)19(12-13)17-9-7-15(8-10-17)14(2)20/h3-10,13-14,20H,11-12H2,1-2H3. The van der Waals surface area contributed by atoms with Crippen molar-refractivity contribution in [3.8, 4) is 0 Å². The second-order valence-electron chi connectivity index (χ2n) is 5.82. The van der Waals surface area contributed by atoms with Crippen molar-refractivity contribution in [2.24, 2.45) is 5.92 Å². The van der Waals surface area contributed by atoms with Crippen molar-refractivity contribution in [2.75, 3.05) is 11.4 Å². The monoisotopic (exact) mass is 267 g/mol. The first-order valence-electron chi connectivity index (χ1n) is 7.28. The first-order valence-corrected chi connectivity index (χ1v) is 7.28. The minimum atomic E-state index is -0.406. The Balaban J connectivity index is 1.97. The molecule has 2 unspecified atom stereocenters. The van der Waals surface area contributed by atoms with Gasteiger partial charge in [0, 0.05) is 17.9 Å². The van der Waals surface area contributed by atoms with Crippen LogP contribution in [0.15, 0.2) is 48.5 Å². The molecule has 2 nitrogen and oxygen atoms in total. The summed E-state index contributed by atoms with van der Waals surface area (Å²) in [5.41, 5.74) is 4.90. The Morgan fingerprint density at radius 3 is 2.50 bits per heavy atom. The van der Waals surface area contributed by atoms with E-state index in [1.807, 2.05) is 12.1 Å². The first kappa shape index (κ1) is 13.2. The molecule has 1 aliphatic rings. The zero-order valence-electron chi connectivity index (χ0n) is 12.1. The third kappa shape index (κ3) is 2.44. The van der Waals surface area contributed by atoms with Gasteiger partial charge in [0.25, 0.3) is 0 Å². The molecular weight excluding hydrogens is 246 g/mol. The van der Waals surface area contributed by atoms with E-state index >= 15 is 0 Å². The number of hydrogen-bond acceptors (Lipinski definition) is 2. The molecule has 1 aliphatic heterocycles. The van der Waals surface area contributed by atoms with Crippen molar-refractivity contribution < 1.29 is 5.11 Å². The van der Waals surface area contributed by atoms with Crippen molar-refractivity contribution in [1.29, 1.82) is 0 Å². The second kappa shape index (κ2) is 5.29. The van der Waals surface area contributed by atoms with E-state index in [9.17, 15) is 5.11 Å². The summed E-state index contributed by atoms with van der Waals surface area (Å²) in [6, 6.07) is 16.9. The van der Waals surface area contributed by atoms with Gasteiger partial charge in [-0.25, -0.2) is 0 Å². The van der Waals surface area contributed by atoms with E-state index in [0.29, 0.717) is 5.92 Å². The highest BCUT2D eigenvalue weighted by Crippen LogP contribution is 2.35. The topological polar surface area (TPSA) is 23.5 Å². The van der Waals surface area contributed by atoms with Crippen LogP contribution in [0.25, 0.3) is 0 Å². The lowest BCUT2D eigenvalue weighted by Gasteiger charge is -2.35. The zero-order valence-corrected chi connectivity index (χ0v) is 12.1. The normalized spacial score (nSPS) is 19.6. The van der Waals surface area contributed by atoms with E-state index in [1.165, 1.54) is 16.9 Å². The maximum Gasteiger partial charge on any atom is 0.0761 e. The SMILES string of the molecule is CC1Cc2ccccc2N(c2ccc(C(C)O)cc2)C1. The zero-order chi connectivity index (χ0) is 14.1. The summed E-state index contributed by atoms with van der Waals surface area (Å²) in [6.07, 6.45) is 0.745. The molecule has 0 radical (unpaired) electrons. The van der Waals surface area contributed by atoms with E-state index < -0.39 is 6.10 Å². The van der Waals surface area contributed by atoms with Crippen molar-refractivity contribution >= 4 is 11.4 Å². The van der Waals surface area contributed by atoms with Gasteiger partial charge in [-0.15, -0.1) is 0 Å². The highest BCUT2D eigenvalue weighted by atomic mass is 16.3. The average Bonchev–Trinajstić information content (AvgIpc) is 2.46. The molecule has 0 amide bonds. The predicted molar refractivity (Wildman–Crippen MR) is 83.4 cm³/mol. The largest absolute Gasteiger partial charge is 0.389 e. The molecule has 0 aromatic heterocycles. The number of anilines is 2. The number of fused-ring (bicyclic) bond motifs is 1. The van der Waals surface area contributed by atoms with Crippen LogP contribution in [0.5, 0.6) is 0 Å². The summed E-state index contributed by atoms with van der Waals surface area (Å²) >= 11 is 0. The smallest absolute Gasteiger partial charge is 0.0761 e. The van der Waals surface area contributed by atoms with Crippen LogP contribution in [-0.4, -0.2) is 11.7 Å². The van der Waals surface area contributed by atoms with Crippen LogP contribution in [0.2, 0.25) is 0 Å². The molecule has 1 N–H and O–H groups in total. The number of benzene rings is 2. The molecule has 2 atom stereocenters. The lowest BCUT2D eigenvalue weighted by Crippen LogP contribution is -2.30. The van der Waals surface area contributed by atoms with Crippen LogP contribution in [0.1, 0.15) is 31.1 Å². The van der Waals surface area contributed by atoms with Crippen molar-refractivity contribution in [1.82, 2.24) is 0 Å². The number of aliphatic hydroxyl groups is 1. The first-order chi connectivity index (χ1) is 9.65. The molecule has 1 heterocycles. The molecule has 0 saturated heterocycles. The minimum absolute atomic E-state index is 0.406. The summed E-state index contributed by atoms with van der Waals surface area (Å²) in [5.74, 6) is 0.654. The van der Waals surface area contributed by atoms with Gasteiger partial charge in [-0.2, -0.15) is 0 Å². The van der Waals surface area contributed by atoms with Crippen LogP contribution < -0.4 is 4.90 Å².